The Balaban J connectivity index is 2.23. The minimum Gasteiger partial charge on any atom is -0.264 e. The van der Waals surface area contributed by atoms with E-state index in [0.29, 0.717) is 5.41 Å². The Labute approximate surface area is 86.6 Å². The van der Waals surface area contributed by atoms with E-state index in [0.717, 1.165) is 0 Å². The molecule has 0 radical (unpaired) electrons. The Morgan fingerprint density at radius 3 is 2.71 bits per heavy atom. The predicted molar refractivity (Wildman–Crippen MR) is 59.3 cm³/mol. The third-order valence-corrected chi connectivity index (χ3v) is 3.67. The Bertz CT molecular complexity index is 292. The predicted octanol–water partition coefficient (Wildman–Crippen LogP) is 3.38. The van der Waals surface area contributed by atoms with Crippen molar-refractivity contribution >= 4 is 0 Å². The van der Waals surface area contributed by atoms with Gasteiger partial charge in [0.15, 0.2) is 0 Å². The van der Waals surface area contributed by atoms with Crippen molar-refractivity contribution in [2.45, 2.75) is 46.0 Å². The summed E-state index contributed by atoms with van der Waals surface area (Å²) in [7, 11) is 0. The van der Waals surface area contributed by atoms with Crippen LogP contribution >= 0.6 is 0 Å². The van der Waals surface area contributed by atoms with Crippen LogP contribution in [0.3, 0.4) is 0 Å². The highest BCUT2D eigenvalue weighted by Gasteiger charge is 2.34. The lowest BCUT2D eigenvalue weighted by Crippen LogP contribution is -2.19. The Morgan fingerprint density at radius 1 is 1.29 bits per heavy atom. The van der Waals surface area contributed by atoms with Crippen LogP contribution in [0.2, 0.25) is 0 Å². The fourth-order valence-corrected chi connectivity index (χ4v) is 2.79. The maximum Gasteiger partial charge on any atom is 0.0302 e. The first-order chi connectivity index (χ1) is 6.79. The van der Waals surface area contributed by atoms with Crippen LogP contribution in [0.15, 0.2) is 18.5 Å². The van der Waals surface area contributed by atoms with Crippen LogP contribution in [0.25, 0.3) is 0 Å². The van der Waals surface area contributed by atoms with Crippen LogP contribution in [0.1, 0.15) is 44.2 Å². The summed E-state index contributed by atoms with van der Waals surface area (Å²) < 4.78 is 0. The zero-order valence-corrected chi connectivity index (χ0v) is 9.21. The van der Waals surface area contributed by atoms with Gasteiger partial charge >= 0.3 is 0 Å². The van der Waals surface area contributed by atoms with E-state index < -0.39 is 0 Å². The molecule has 1 aliphatic rings. The van der Waals surface area contributed by atoms with Crippen molar-refractivity contribution in [3.05, 3.63) is 29.6 Å². The van der Waals surface area contributed by atoms with Gasteiger partial charge in [0.05, 0.1) is 0 Å². The van der Waals surface area contributed by atoms with Gasteiger partial charge in [0.25, 0.3) is 0 Å². The van der Waals surface area contributed by atoms with Gasteiger partial charge < -0.3 is 0 Å². The number of pyridine rings is 1. The molecule has 1 aliphatic carbocycles. The molecule has 0 bridgehead atoms. The van der Waals surface area contributed by atoms with Crippen LogP contribution in [-0.4, -0.2) is 4.98 Å². The summed E-state index contributed by atoms with van der Waals surface area (Å²) in [5.74, 6) is 0. The standard InChI is InChI=1S/C13H19N/c1-3-6-13(4-2)8-11-5-7-14-10-12(11)9-13/h5,7,10H,3-4,6,8-9H2,1-2H3. The monoisotopic (exact) mass is 189 g/mol. The molecular weight excluding hydrogens is 170 g/mol. The van der Waals surface area contributed by atoms with Gasteiger partial charge in [-0.2, -0.15) is 0 Å². The van der Waals surface area contributed by atoms with E-state index in [4.69, 9.17) is 0 Å². The van der Waals surface area contributed by atoms with E-state index in [-0.39, 0.29) is 0 Å². The molecule has 0 aromatic carbocycles. The van der Waals surface area contributed by atoms with Crippen molar-refractivity contribution < 1.29 is 0 Å². The highest BCUT2D eigenvalue weighted by Crippen LogP contribution is 2.42. The van der Waals surface area contributed by atoms with Crippen molar-refractivity contribution in [3.8, 4) is 0 Å². The van der Waals surface area contributed by atoms with Crippen LogP contribution in [-0.2, 0) is 12.8 Å². The minimum atomic E-state index is 0.556. The fourth-order valence-electron chi connectivity index (χ4n) is 2.79. The van der Waals surface area contributed by atoms with Gasteiger partial charge in [-0.15, -0.1) is 0 Å². The highest BCUT2D eigenvalue weighted by atomic mass is 14.6. The van der Waals surface area contributed by atoms with Gasteiger partial charge in [-0.25, -0.2) is 0 Å². The van der Waals surface area contributed by atoms with Gasteiger partial charge in [-0.3, -0.25) is 4.98 Å². The second-order valence-corrected chi connectivity index (χ2v) is 4.60. The Hall–Kier alpha value is -0.850. The number of fused-ring (bicyclic) bond motifs is 1. The fraction of sp³-hybridized carbons (Fsp3) is 0.615. The number of hydrogen-bond acceptors (Lipinski definition) is 1. The average Bonchev–Trinajstić information content (AvgIpc) is 2.57. The SMILES string of the molecule is CCCC1(CC)Cc2ccncc2C1. The van der Waals surface area contributed by atoms with Crippen LogP contribution < -0.4 is 0 Å². The number of aromatic nitrogens is 1. The molecule has 0 N–H and O–H groups in total. The molecule has 0 saturated heterocycles. The van der Waals surface area contributed by atoms with Crippen molar-refractivity contribution in [2.24, 2.45) is 5.41 Å². The van der Waals surface area contributed by atoms with Gasteiger partial charge in [-0.1, -0.05) is 20.3 Å². The van der Waals surface area contributed by atoms with E-state index in [1.54, 1.807) is 0 Å². The number of rotatable bonds is 3. The summed E-state index contributed by atoms with van der Waals surface area (Å²) in [4.78, 5) is 4.22. The zero-order chi connectivity index (χ0) is 10.0. The second-order valence-electron chi connectivity index (χ2n) is 4.60. The number of hydrogen-bond donors (Lipinski definition) is 0. The summed E-state index contributed by atoms with van der Waals surface area (Å²) >= 11 is 0. The molecule has 0 fully saturated rings. The molecule has 76 valence electrons. The molecule has 1 heteroatoms. The molecule has 1 atom stereocenters. The third-order valence-electron chi connectivity index (χ3n) is 3.67. The van der Waals surface area contributed by atoms with Crippen molar-refractivity contribution in [1.29, 1.82) is 0 Å². The van der Waals surface area contributed by atoms with Gasteiger partial charge in [0.1, 0.15) is 0 Å². The van der Waals surface area contributed by atoms with Gasteiger partial charge in [-0.05, 0) is 48.3 Å². The van der Waals surface area contributed by atoms with Crippen molar-refractivity contribution in [1.82, 2.24) is 4.98 Å². The average molecular weight is 189 g/mol. The highest BCUT2D eigenvalue weighted by molar-refractivity contribution is 5.31. The van der Waals surface area contributed by atoms with E-state index in [9.17, 15) is 0 Å². The molecule has 2 rings (SSSR count). The van der Waals surface area contributed by atoms with Crippen LogP contribution in [0.4, 0.5) is 0 Å². The normalized spacial score (nSPS) is 25.0. The zero-order valence-electron chi connectivity index (χ0n) is 9.21. The molecule has 0 aliphatic heterocycles. The topological polar surface area (TPSA) is 12.9 Å². The number of nitrogens with zero attached hydrogens (tertiary/aromatic N) is 1. The molecule has 1 heterocycles. The lowest BCUT2D eigenvalue weighted by Gasteiger charge is -2.26. The molecule has 1 nitrogen and oxygen atoms in total. The first-order valence-electron chi connectivity index (χ1n) is 5.71. The first-order valence-corrected chi connectivity index (χ1v) is 5.71. The summed E-state index contributed by atoms with van der Waals surface area (Å²) in [6.07, 6.45) is 10.5. The molecule has 1 aromatic rings. The van der Waals surface area contributed by atoms with E-state index in [2.05, 4.69) is 31.1 Å². The second kappa shape index (κ2) is 3.72. The summed E-state index contributed by atoms with van der Waals surface area (Å²) in [5.41, 5.74) is 3.58. The summed E-state index contributed by atoms with van der Waals surface area (Å²) in [6, 6.07) is 2.20. The molecular formula is C13H19N. The van der Waals surface area contributed by atoms with Gasteiger partial charge in [0.2, 0.25) is 0 Å². The lowest BCUT2D eigenvalue weighted by atomic mass is 9.78. The summed E-state index contributed by atoms with van der Waals surface area (Å²) in [6.45, 7) is 4.62. The largest absolute Gasteiger partial charge is 0.264 e. The van der Waals surface area contributed by atoms with Crippen molar-refractivity contribution in [2.75, 3.05) is 0 Å². The Morgan fingerprint density at radius 2 is 2.07 bits per heavy atom. The molecule has 0 spiro atoms. The molecule has 1 aromatic heterocycles. The van der Waals surface area contributed by atoms with E-state index in [1.165, 1.54) is 43.2 Å². The molecule has 0 amide bonds. The van der Waals surface area contributed by atoms with E-state index >= 15 is 0 Å². The third kappa shape index (κ3) is 1.56. The smallest absolute Gasteiger partial charge is 0.0302 e. The maximum absolute atomic E-state index is 4.22. The van der Waals surface area contributed by atoms with Crippen molar-refractivity contribution in [3.63, 3.8) is 0 Å². The van der Waals surface area contributed by atoms with Crippen LogP contribution in [0.5, 0.6) is 0 Å². The molecule has 0 saturated carbocycles. The lowest BCUT2D eigenvalue weighted by molar-refractivity contribution is 0.264. The first kappa shape index (κ1) is 9.70. The van der Waals surface area contributed by atoms with E-state index in [1.807, 2.05) is 6.20 Å². The summed E-state index contributed by atoms with van der Waals surface area (Å²) in [5, 5.41) is 0. The quantitative estimate of drug-likeness (QED) is 0.710. The molecule has 1 unspecified atom stereocenters. The van der Waals surface area contributed by atoms with Crippen LogP contribution in [0, 0.1) is 5.41 Å². The minimum absolute atomic E-state index is 0.556. The maximum atomic E-state index is 4.22. The molecule has 14 heavy (non-hydrogen) atoms. The van der Waals surface area contributed by atoms with Gasteiger partial charge in [0, 0.05) is 12.4 Å². The Kier molecular flexibility index (Phi) is 2.58.